The molecular formula is C17H13ClN4O. The van der Waals surface area contributed by atoms with Gasteiger partial charge in [-0.3, -0.25) is 9.36 Å². The van der Waals surface area contributed by atoms with Gasteiger partial charge < -0.3 is 4.90 Å². The molecule has 0 radical (unpaired) electrons. The Labute approximate surface area is 138 Å². The van der Waals surface area contributed by atoms with Gasteiger partial charge in [0, 0.05) is 23.2 Å². The number of anilines is 1. The summed E-state index contributed by atoms with van der Waals surface area (Å²) in [5.41, 5.74) is 2.51. The van der Waals surface area contributed by atoms with Crippen LogP contribution >= 0.6 is 11.6 Å². The zero-order valence-corrected chi connectivity index (χ0v) is 13.2. The van der Waals surface area contributed by atoms with Crippen LogP contribution in [0.1, 0.15) is 0 Å². The van der Waals surface area contributed by atoms with Gasteiger partial charge in [0.25, 0.3) is 0 Å². The minimum absolute atomic E-state index is 0.0238. The van der Waals surface area contributed by atoms with Gasteiger partial charge in [-0.25, -0.2) is 0 Å². The minimum atomic E-state index is -0.0238. The summed E-state index contributed by atoms with van der Waals surface area (Å²) in [6.07, 6.45) is 0. The Kier molecular flexibility index (Phi) is 3.16. The van der Waals surface area contributed by atoms with Crippen molar-refractivity contribution < 1.29 is 4.79 Å². The molecule has 2 heterocycles. The van der Waals surface area contributed by atoms with E-state index in [9.17, 15) is 4.79 Å². The van der Waals surface area contributed by atoms with Crippen LogP contribution in [0.2, 0.25) is 5.02 Å². The van der Waals surface area contributed by atoms with Crippen molar-refractivity contribution in [3.05, 3.63) is 53.6 Å². The van der Waals surface area contributed by atoms with E-state index >= 15 is 0 Å². The largest absolute Gasteiger partial charge is 0.313 e. The molecule has 0 spiro atoms. The van der Waals surface area contributed by atoms with Crippen molar-refractivity contribution in [3.63, 3.8) is 0 Å². The number of benzene rings is 2. The van der Waals surface area contributed by atoms with Gasteiger partial charge in [0.1, 0.15) is 6.54 Å². The Morgan fingerprint density at radius 2 is 1.78 bits per heavy atom. The van der Waals surface area contributed by atoms with Crippen molar-refractivity contribution in [2.24, 2.45) is 0 Å². The molecule has 1 aromatic heterocycles. The number of nitrogens with zero attached hydrogens (tertiary/aromatic N) is 4. The van der Waals surface area contributed by atoms with Gasteiger partial charge in [0.2, 0.25) is 5.91 Å². The molecule has 0 fully saturated rings. The molecule has 5 nitrogen and oxygen atoms in total. The van der Waals surface area contributed by atoms with E-state index in [1.807, 2.05) is 47.0 Å². The van der Waals surface area contributed by atoms with Crippen LogP contribution in [0.5, 0.6) is 0 Å². The number of likely N-dealkylation sites (N-methyl/N-ethyl adjacent to an activating group) is 1. The quantitative estimate of drug-likeness (QED) is 0.690. The lowest BCUT2D eigenvalue weighted by Crippen LogP contribution is -2.28. The topological polar surface area (TPSA) is 51.0 Å². The lowest BCUT2D eigenvalue weighted by Gasteiger charge is -2.16. The Bertz CT molecular complexity index is 904. The fraction of sp³-hybridized carbons (Fsp3) is 0.118. The molecular weight excluding hydrogens is 312 g/mol. The second-order valence-electron chi connectivity index (χ2n) is 5.41. The van der Waals surface area contributed by atoms with Crippen LogP contribution in [0.3, 0.4) is 0 Å². The van der Waals surface area contributed by atoms with Crippen molar-refractivity contribution in [2.75, 3.05) is 11.9 Å². The number of carbonyl (C=O) groups is 1. The molecule has 0 unspecified atom stereocenters. The summed E-state index contributed by atoms with van der Waals surface area (Å²) in [6, 6.07) is 15.2. The van der Waals surface area contributed by atoms with Crippen LogP contribution < -0.4 is 4.90 Å². The number of aromatic nitrogens is 3. The van der Waals surface area contributed by atoms with Gasteiger partial charge >= 0.3 is 0 Å². The average Bonchev–Trinajstić information content (AvgIpc) is 2.94. The predicted octanol–water partition coefficient (Wildman–Crippen LogP) is 3.24. The van der Waals surface area contributed by atoms with Gasteiger partial charge in [-0.15, -0.1) is 10.2 Å². The number of rotatable bonds is 1. The first-order valence-electron chi connectivity index (χ1n) is 7.20. The molecule has 4 rings (SSSR count). The Morgan fingerprint density at radius 1 is 1.04 bits per heavy atom. The Morgan fingerprint density at radius 3 is 2.57 bits per heavy atom. The van der Waals surface area contributed by atoms with Crippen molar-refractivity contribution >= 4 is 23.2 Å². The summed E-state index contributed by atoms with van der Waals surface area (Å²) in [5.74, 6) is 1.30. The standard InChI is InChI=1S/C17H13ClN4O/c1-21-14-8-7-12(18)9-13(14)17-20-19-16(22(17)10-15(21)23)11-5-3-2-4-6-11/h2-9H,10H2,1H3. The summed E-state index contributed by atoms with van der Waals surface area (Å²) in [4.78, 5) is 14.2. The highest BCUT2D eigenvalue weighted by Gasteiger charge is 2.27. The first-order chi connectivity index (χ1) is 11.1. The van der Waals surface area contributed by atoms with E-state index in [0.29, 0.717) is 16.7 Å². The molecule has 1 aliphatic heterocycles. The van der Waals surface area contributed by atoms with E-state index in [2.05, 4.69) is 10.2 Å². The second-order valence-corrected chi connectivity index (χ2v) is 5.85. The third kappa shape index (κ3) is 2.21. The summed E-state index contributed by atoms with van der Waals surface area (Å²) < 4.78 is 1.84. The SMILES string of the molecule is CN1C(=O)Cn2c(-c3ccccc3)nnc2-c2cc(Cl)ccc21. The number of hydrogen-bond acceptors (Lipinski definition) is 3. The second kappa shape index (κ2) is 5.21. The van der Waals surface area contributed by atoms with Gasteiger partial charge in [0.15, 0.2) is 11.6 Å². The molecule has 3 aromatic rings. The van der Waals surface area contributed by atoms with E-state index in [0.717, 1.165) is 16.8 Å². The number of hydrogen-bond donors (Lipinski definition) is 0. The molecule has 0 atom stereocenters. The van der Waals surface area contributed by atoms with Crippen molar-refractivity contribution in [3.8, 4) is 22.8 Å². The summed E-state index contributed by atoms with van der Waals surface area (Å²) >= 11 is 6.14. The summed E-state index contributed by atoms with van der Waals surface area (Å²) in [5, 5.41) is 9.22. The van der Waals surface area contributed by atoms with Gasteiger partial charge in [-0.05, 0) is 18.2 Å². The molecule has 0 bridgehead atoms. The van der Waals surface area contributed by atoms with Gasteiger partial charge in [-0.1, -0.05) is 41.9 Å². The van der Waals surface area contributed by atoms with Crippen LogP contribution in [0.4, 0.5) is 5.69 Å². The molecule has 2 aromatic carbocycles. The normalized spacial score (nSPS) is 13.5. The van der Waals surface area contributed by atoms with Crippen LogP contribution in [-0.4, -0.2) is 27.7 Å². The minimum Gasteiger partial charge on any atom is -0.313 e. The van der Waals surface area contributed by atoms with E-state index in [-0.39, 0.29) is 12.5 Å². The maximum absolute atomic E-state index is 12.5. The van der Waals surface area contributed by atoms with E-state index < -0.39 is 0 Å². The molecule has 6 heteroatoms. The highest BCUT2D eigenvalue weighted by Crippen LogP contribution is 2.36. The lowest BCUT2D eigenvalue weighted by atomic mass is 10.1. The lowest BCUT2D eigenvalue weighted by molar-refractivity contribution is -0.118. The molecule has 114 valence electrons. The molecule has 0 saturated heterocycles. The maximum Gasteiger partial charge on any atom is 0.246 e. The van der Waals surface area contributed by atoms with Crippen molar-refractivity contribution in [2.45, 2.75) is 6.54 Å². The Balaban J connectivity index is 1.98. The molecule has 0 saturated carbocycles. The predicted molar refractivity (Wildman–Crippen MR) is 89.3 cm³/mol. The molecule has 1 aliphatic rings. The highest BCUT2D eigenvalue weighted by atomic mass is 35.5. The van der Waals surface area contributed by atoms with Crippen LogP contribution in [-0.2, 0) is 11.3 Å². The van der Waals surface area contributed by atoms with Gasteiger partial charge in [0.05, 0.1) is 5.69 Å². The number of fused-ring (bicyclic) bond motifs is 3. The maximum atomic E-state index is 12.5. The van der Waals surface area contributed by atoms with Crippen LogP contribution in [0.15, 0.2) is 48.5 Å². The monoisotopic (exact) mass is 324 g/mol. The van der Waals surface area contributed by atoms with E-state index in [1.54, 1.807) is 18.0 Å². The Hall–Kier alpha value is -2.66. The molecule has 0 aliphatic carbocycles. The summed E-state index contributed by atoms with van der Waals surface area (Å²) in [6.45, 7) is 0.190. The first-order valence-corrected chi connectivity index (χ1v) is 7.58. The average molecular weight is 325 g/mol. The van der Waals surface area contributed by atoms with E-state index in [1.165, 1.54) is 0 Å². The fourth-order valence-electron chi connectivity index (χ4n) is 2.81. The zero-order valence-electron chi connectivity index (χ0n) is 12.4. The van der Waals surface area contributed by atoms with Crippen LogP contribution in [0.25, 0.3) is 22.8 Å². The summed E-state index contributed by atoms with van der Waals surface area (Å²) in [7, 11) is 1.76. The fourth-order valence-corrected chi connectivity index (χ4v) is 2.98. The number of amides is 1. The molecule has 0 N–H and O–H groups in total. The van der Waals surface area contributed by atoms with Gasteiger partial charge in [-0.2, -0.15) is 0 Å². The zero-order chi connectivity index (χ0) is 16.0. The van der Waals surface area contributed by atoms with Crippen LogP contribution in [0, 0.1) is 0 Å². The smallest absolute Gasteiger partial charge is 0.246 e. The van der Waals surface area contributed by atoms with Crippen molar-refractivity contribution in [1.29, 1.82) is 0 Å². The number of halogens is 1. The third-order valence-electron chi connectivity index (χ3n) is 4.01. The molecule has 1 amide bonds. The molecule has 23 heavy (non-hydrogen) atoms. The van der Waals surface area contributed by atoms with E-state index in [4.69, 9.17) is 11.6 Å². The first kappa shape index (κ1) is 14.0. The number of carbonyl (C=O) groups excluding carboxylic acids is 1. The van der Waals surface area contributed by atoms with Crippen molar-refractivity contribution in [1.82, 2.24) is 14.8 Å². The highest BCUT2D eigenvalue weighted by molar-refractivity contribution is 6.31. The third-order valence-corrected chi connectivity index (χ3v) is 4.25.